The molecular formula is C25H24Cl3F6N5O2. The van der Waals surface area contributed by atoms with Crippen molar-refractivity contribution in [2.24, 2.45) is 13.0 Å². The molecule has 1 aliphatic heterocycles. The maximum atomic E-state index is 13.4. The van der Waals surface area contributed by atoms with Crippen LogP contribution in [0.25, 0.3) is 11.0 Å². The molecule has 1 aromatic heterocycles. The number of aromatic nitrogens is 2. The number of hydrogen-bond donors (Lipinski definition) is 3. The average Bonchev–Trinajstić information content (AvgIpc) is 3.17. The van der Waals surface area contributed by atoms with Gasteiger partial charge in [0, 0.05) is 26.7 Å². The van der Waals surface area contributed by atoms with E-state index in [-0.39, 0.29) is 45.2 Å². The minimum atomic E-state index is -5.19. The summed E-state index contributed by atoms with van der Waals surface area (Å²) in [6, 6.07) is 5.99. The molecule has 2 aromatic carbocycles. The van der Waals surface area contributed by atoms with Crippen molar-refractivity contribution in [1.82, 2.24) is 14.9 Å². The highest BCUT2D eigenvalue weighted by Crippen LogP contribution is 2.40. The maximum absolute atomic E-state index is 13.4. The first-order valence-corrected chi connectivity index (χ1v) is 13.3. The lowest BCUT2D eigenvalue weighted by Crippen LogP contribution is -2.54. The Morgan fingerprint density at radius 1 is 1.12 bits per heavy atom. The summed E-state index contributed by atoms with van der Waals surface area (Å²) in [4.78, 5) is 18.1. The van der Waals surface area contributed by atoms with Gasteiger partial charge in [0.15, 0.2) is 0 Å². The van der Waals surface area contributed by atoms with Crippen LogP contribution < -0.4 is 15.5 Å². The molecule has 16 heteroatoms. The van der Waals surface area contributed by atoms with Gasteiger partial charge in [-0.25, -0.2) is 4.98 Å². The van der Waals surface area contributed by atoms with Crippen LogP contribution in [0.5, 0.6) is 0 Å². The number of fused-ring (bicyclic) bond motifs is 1. The number of benzene rings is 2. The molecule has 3 aromatic rings. The van der Waals surface area contributed by atoms with Crippen LogP contribution in [0.4, 0.5) is 43.7 Å². The predicted molar refractivity (Wildman–Crippen MR) is 145 cm³/mol. The lowest BCUT2D eigenvalue weighted by Gasteiger charge is -2.35. The normalized spacial score (nSPS) is 18.0. The molecule has 0 saturated carbocycles. The van der Waals surface area contributed by atoms with Crippen molar-refractivity contribution in [1.29, 1.82) is 0 Å². The van der Waals surface area contributed by atoms with E-state index in [1.165, 1.54) is 18.2 Å². The Kier molecular flexibility index (Phi) is 8.58. The fourth-order valence-electron chi connectivity index (χ4n) is 4.45. The average molecular weight is 647 g/mol. The van der Waals surface area contributed by atoms with Gasteiger partial charge < -0.3 is 25.2 Å². The first-order valence-electron chi connectivity index (χ1n) is 12.2. The Bertz CT molecular complexity index is 1470. The quantitative estimate of drug-likeness (QED) is 0.252. The van der Waals surface area contributed by atoms with Crippen LogP contribution in [-0.2, 0) is 18.4 Å². The number of amides is 1. The molecule has 2 heterocycles. The second-order valence-electron chi connectivity index (χ2n) is 9.89. The van der Waals surface area contributed by atoms with Gasteiger partial charge >= 0.3 is 12.4 Å². The van der Waals surface area contributed by atoms with Crippen molar-refractivity contribution >= 4 is 69.1 Å². The number of rotatable bonds is 6. The second-order valence-corrected chi connectivity index (χ2v) is 11.1. The summed E-state index contributed by atoms with van der Waals surface area (Å²) < 4.78 is 80.6. The van der Waals surface area contributed by atoms with Gasteiger partial charge in [0.2, 0.25) is 11.5 Å². The monoisotopic (exact) mass is 645 g/mol. The van der Waals surface area contributed by atoms with Gasteiger partial charge in [0.25, 0.3) is 5.91 Å². The molecule has 0 bridgehead atoms. The molecular weight excluding hydrogens is 623 g/mol. The fraction of sp³-hybridized carbons (Fsp3) is 0.440. The van der Waals surface area contributed by atoms with Crippen LogP contribution in [0.2, 0.25) is 15.1 Å². The van der Waals surface area contributed by atoms with E-state index < -0.39 is 36.3 Å². The SMILES string of the molecule is Cn1c(Nc2c(Cl)ccc(CNC(=O)C(C)(O)C(F)(F)F)c2Cl)nc2cc(Cl)c(N3CCCC(C(F)(F)F)C3)cc21. The molecule has 3 N–H and O–H groups in total. The third-order valence-corrected chi connectivity index (χ3v) is 8.07. The van der Waals surface area contributed by atoms with E-state index >= 15 is 0 Å². The summed E-state index contributed by atoms with van der Waals surface area (Å²) in [6.07, 6.45) is -9.10. The van der Waals surface area contributed by atoms with Crippen LogP contribution in [0, 0.1) is 5.92 Å². The first kappa shape index (κ1) is 31.3. The van der Waals surface area contributed by atoms with E-state index in [9.17, 15) is 36.2 Å². The number of aryl methyl sites for hydroxylation is 1. The third-order valence-electron chi connectivity index (χ3n) is 7.02. The van der Waals surface area contributed by atoms with Crippen molar-refractivity contribution in [2.75, 3.05) is 23.3 Å². The lowest BCUT2D eigenvalue weighted by molar-refractivity contribution is -0.245. The van der Waals surface area contributed by atoms with Gasteiger partial charge in [0.05, 0.1) is 43.4 Å². The van der Waals surface area contributed by atoms with Gasteiger partial charge in [-0.15, -0.1) is 0 Å². The van der Waals surface area contributed by atoms with E-state index in [1.807, 2.05) is 5.32 Å². The molecule has 1 aliphatic rings. The van der Waals surface area contributed by atoms with Crippen molar-refractivity contribution < 1.29 is 36.2 Å². The van der Waals surface area contributed by atoms with Crippen LogP contribution in [0.3, 0.4) is 0 Å². The molecule has 2 atom stereocenters. The number of nitrogens with one attached hydrogen (secondary N) is 2. The minimum absolute atomic E-state index is 0.0262. The highest BCUT2D eigenvalue weighted by atomic mass is 35.5. The summed E-state index contributed by atoms with van der Waals surface area (Å²) in [7, 11) is 1.65. The van der Waals surface area contributed by atoms with Crippen molar-refractivity contribution in [3.05, 3.63) is 44.9 Å². The predicted octanol–water partition coefficient (Wildman–Crippen LogP) is 6.99. The summed E-state index contributed by atoms with van der Waals surface area (Å²) >= 11 is 19.2. The number of hydrogen-bond acceptors (Lipinski definition) is 5. The molecule has 7 nitrogen and oxygen atoms in total. The molecule has 1 fully saturated rings. The molecule has 0 aliphatic carbocycles. The molecule has 0 spiro atoms. The van der Waals surface area contributed by atoms with Crippen LogP contribution in [-0.4, -0.2) is 51.6 Å². The molecule has 1 saturated heterocycles. The number of halogens is 9. The van der Waals surface area contributed by atoms with E-state index in [0.29, 0.717) is 36.6 Å². The Morgan fingerprint density at radius 3 is 2.44 bits per heavy atom. The third kappa shape index (κ3) is 6.27. The lowest BCUT2D eigenvalue weighted by atomic mass is 9.97. The zero-order valence-corrected chi connectivity index (χ0v) is 23.8. The van der Waals surface area contributed by atoms with Crippen LogP contribution >= 0.6 is 34.8 Å². The minimum Gasteiger partial charge on any atom is -0.373 e. The van der Waals surface area contributed by atoms with E-state index in [4.69, 9.17) is 34.8 Å². The van der Waals surface area contributed by atoms with E-state index in [2.05, 4.69) is 10.3 Å². The first-order chi connectivity index (χ1) is 18.9. The number of imidazole rings is 1. The Morgan fingerprint density at radius 2 is 1.80 bits per heavy atom. The largest absolute Gasteiger partial charge is 0.426 e. The Balaban J connectivity index is 1.60. The number of anilines is 3. The van der Waals surface area contributed by atoms with Gasteiger partial charge in [-0.3, -0.25) is 4.79 Å². The van der Waals surface area contributed by atoms with Crippen LogP contribution in [0.15, 0.2) is 24.3 Å². The number of aliphatic hydroxyl groups is 1. The summed E-state index contributed by atoms with van der Waals surface area (Å²) in [5.41, 5.74) is -1.87. The highest BCUT2D eigenvalue weighted by molar-refractivity contribution is 6.39. The molecule has 1 amide bonds. The number of carbonyl (C=O) groups is 1. The van der Waals surface area contributed by atoms with E-state index in [1.54, 1.807) is 22.6 Å². The van der Waals surface area contributed by atoms with Gasteiger partial charge in [0.1, 0.15) is 0 Å². The van der Waals surface area contributed by atoms with Crippen LogP contribution in [0.1, 0.15) is 25.3 Å². The smallest absolute Gasteiger partial charge is 0.373 e. The zero-order valence-electron chi connectivity index (χ0n) is 21.5. The molecule has 4 rings (SSSR count). The summed E-state index contributed by atoms with van der Waals surface area (Å²) in [6.45, 7) is 0.0759. The van der Waals surface area contributed by atoms with Crippen molar-refractivity contribution in [2.45, 2.75) is 44.3 Å². The maximum Gasteiger partial charge on any atom is 0.426 e. The Hall–Kier alpha value is -2.61. The van der Waals surface area contributed by atoms with Crippen molar-refractivity contribution in [3.63, 3.8) is 0 Å². The standard InChI is InChI=1S/C25H24Cl3F6N5O2/c1-23(41,25(32,33)34)21(40)35-10-12-5-6-14(26)20(19(12)28)37-22-36-16-8-15(27)17(9-18(16)38(22)2)39-7-3-4-13(11-39)24(29,30)31/h5-6,8-9,13,41H,3-4,7,10-11H2,1-2H3,(H,35,40)(H,36,37). The van der Waals surface area contributed by atoms with Gasteiger partial charge in [-0.2, -0.15) is 26.3 Å². The highest BCUT2D eigenvalue weighted by Gasteiger charge is 2.55. The second kappa shape index (κ2) is 11.2. The van der Waals surface area contributed by atoms with Crippen molar-refractivity contribution in [3.8, 4) is 0 Å². The molecule has 41 heavy (non-hydrogen) atoms. The summed E-state index contributed by atoms with van der Waals surface area (Å²) in [5.74, 6) is -2.90. The Labute approximate surface area is 245 Å². The number of nitrogens with zero attached hydrogens (tertiary/aromatic N) is 3. The van der Waals surface area contributed by atoms with Gasteiger partial charge in [-0.05, 0) is 43.5 Å². The molecule has 2 unspecified atom stereocenters. The number of alkyl halides is 6. The molecule has 0 radical (unpaired) electrons. The molecule has 224 valence electrons. The number of piperidine rings is 1. The summed E-state index contributed by atoms with van der Waals surface area (Å²) in [5, 5.41) is 14.9. The number of carbonyl (C=O) groups excluding carboxylic acids is 1. The van der Waals surface area contributed by atoms with E-state index in [0.717, 1.165) is 0 Å². The zero-order chi connectivity index (χ0) is 30.5. The topological polar surface area (TPSA) is 82.4 Å². The fourth-order valence-corrected chi connectivity index (χ4v) is 5.26. The van der Waals surface area contributed by atoms with Gasteiger partial charge in [-0.1, -0.05) is 40.9 Å².